The van der Waals surface area contributed by atoms with Gasteiger partial charge in [0.1, 0.15) is 0 Å². The van der Waals surface area contributed by atoms with E-state index in [0.717, 1.165) is 37.5 Å². The number of urea groups is 1. The van der Waals surface area contributed by atoms with Crippen molar-refractivity contribution in [2.75, 3.05) is 5.32 Å². The van der Waals surface area contributed by atoms with Gasteiger partial charge in [0.2, 0.25) is 0 Å². The molecular weight excluding hydrogens is 266 g/mol. The molecule has 0 aliphatic heterocycles. The molecule has 0 spiro atoms. The second-order valence-electron chi connectivity index (χ2n) is 4.52. The molecule has 0 heterocycles. The number of amides is 2. The standard InChI is InChI=1S/C12H13N3O5/c16-11(17)9-5-4-8(15(19)20)6-10(9)14-12(18)13-7-2-1-3-7/h4-7H,1-3H2,(H,16,17)(H2,13,14,18). The van der Waals surface area contributed by atoms with Crippen LogP contribution in [0.3, 0.4) is 0 Å². The van der Waals surface area contributed by atoms with Gasteiger partial charge in [-0.1, -0.05) is 0 Å². The van der Waals surface area contributed by atoms with Gasteiger partial charge in [0.25, 0.3) is 5.69 Å². The number of aromatic carboxylic acids is 1. The van der Waals surface area contributed by atoms with E-state index in [2.05, 4.69) is 10.6 Å². The monoisotopic (exact) mass is 279 g/mol. The molecule has 0 radical (unpaired) electrons. The zero-order valence-corrected chi connectivity index (χ0v) is 10.5. The molecule has 0 atom stereocenters. The van der Waals surface area contributed by atoms with Crippen molar-refractivity contribution in [2.45, 2.75) is 25.3 Å². The molecule has 2 amide bonds. The molecule has 8 heteroatoms. The van der Waals surface area contributed by atoms with Crippen LogP contribution < -0.4 is 10.6 Å². The van der Waals surface area contributed by atoms with E-state index in [9.17, 15) is 19.7 Å². The number of anilines is 1. The van der Waals surface area contributed by atoms with Crippen LogP contribution >= 0.6 is 0 Å². The number of hydrogen-bond donors (Lipinski definition) is 3. The van der Waals surface area contributed by atoms with Gasteiger partial charge in [0, 0.05) is 18.2 Å². The van der Waals surface area contributed by atoms with E-state index in [1.54, 1.807) is 0 Å². The van der Waals surface area contributed by atoms with Gasteiger partial charge >= 0.3 is 12.0 Å². The Hall–Kier alpha value is -2.64. The lowest BCUT2D eigenvalue weighted by atomic mass is 9.93. The minimum Gasteiger partial charge on any atom is -0.478 e. The topological polar surface area (TPSA) is 122 Å². The first kappa shape index (κ1) is 13.8. The molecule has 2 rings (SSSR count). The number of nitrogens with zero attached hydrogens (tertiary/aromatic N) is 1. The fourth-order valence-electron chi connectivity index (χ4n) is 1.83. The molecule has 3 N–H and O–H groups in total. The van der Waals surface area contributed by atoms with Crippen molar-refractivity contribution in [2.24, 2.45) is 0 Å². The molecule has 1 aromatic carbocycles. The number of carboxylic acids is 1. The number of nitro benzene ring substituents is 1. The highest BCUT2D eigenvalue weighted by Crippen LogP contribution is 2.23. The van der Waals surface area contributed by atoms with E-state index in [-0.39, 0.29) is 23.0 Å². The van der Waals surface area contributed by atoms with Gasteiger partial charge in [-0.25, -0.2) is 9.59 Å². The molecule has 0 bridgehead atoms. The number of carboxylic acid groups (broad SMARTS) is 1. The van der Waals surface area contributed by atoms with Gasteiger partial charge in [0.15, 0.2) is 0 Å². The van der Waals surface area contributed by atoms with E-state index in [4.69, 9.17) is 5.11 Å². The third-order valence-electron chi connectivity index (χ3n) is 3.13. The highest BCUT2D eigenvalue weighted by molar-refractivity contribution is 6.00. The minimum atomic E-state index is -1.26. The van der Waals surface area contributed by atoms with E-state index in [1.165, 1.54) is 0 Å². The van der Waals surface area contributed by atoms with E-state index < -0.39 is 16.9 Å². The molecule has 1 fully saturated rings. The summed E-state index contributed by atoms with van der Waals surface area (Å²) in [6.07, 6.45) is 2.81. The van der Waals surface area contributed by atoms with Crippen LogP contribution in [-0.4, -0.2) is 28.1 Å². The second kappa shape index (κ2) is 5.55. The Bertz CT molecular complexity index is 568. The van der Waals surface area contributed by atoms with Crippen LogP contribution in [0, 0.1) is 10.1 Å². The van der Waals surface area contributed by atoms with Crippen molar-refractivity contribution in [3.05, 3.63) is 33.9 Å². The fraction of sp³-hybridized carbons (Fsp3) is 0.333. The summed E-state index contributed by atoms with van der Waals surface area (Å²) in [6, 6.07) is 2.74. The van der Waals surface area contributed by atoms with Gasteiger partial charge in [-0.05, 0) is 25.3 Å². The van der Waals surface area contributed by atoms with Crippen molar-refractivity contribution in [3.8, 4) is 0 Å². The second-order valence-corrected chi connectivity index (χ2v) is 4.52. The van der Waals surface area contributed by atoms with Gasteiger partial charge in [0.05, 0.1) is 16.2 Å². The molecule has 1 aromatic rings. The highest BCUT2D eigenvalue weighted by atomic mass is 16.6. The molecule has 8 nitrogen and oxygen atoms in total. The number of rotatable bonds is 4. The third kappa shape index (κ3) is 3.02. The zero-order valence-electron chi connectivity index (χ0n) is 10.5. The summed E-state index contributed by atoms with van der Waals surface area (Å²) >= 11 is 0. The predicted molar refractivity (Wildman–Crippen MR) is 69.8 cm³/mol. The average Bonchev–Trinajstić information content (AvgIpc) is 2.33. The number of nitrogens with one attached hydrogen (secondary N) is 2. The SMILES string of the molecule is O=C(Nc1cc([N+](=O)[O-])ccc1C(=O)O)NC1CCC1. The van der Waals surface area contributed by atoms with E-state index in [0.29, 0.717) is 0 Å². The van der Waals surface area contributed by atoms with Crippen LogP contribution in [-0.2, 0) is 0 Å². The van der Waals surface area contributed by atoms with Crippen molar-refractivity contribution < 1.29 is 19.6 Å². The largest absolute Gasteiger partial charge is 0.478 e. The van der Waals surface area contributed by atoms with Gasteiger partial charge < -0.3 is 15.7 Å². The first-order valence-corrected chi connectivity index (χ1v) is 6.06. The van der Waals surface area contributed by atoms with E-state index in [1.807, 2.05) is 0 Å². The summed E-state index contributed by atoms with van der Waals surface area (Å²) in [5, 5.41) is 24.7. The first-order valence-electron chi connectivity index (χ1n) is 6.06. The van der Waals surface area contributed by atoms with Crippen LogP contribution in [0.4, 0.5) is 16.2 Å². The molecule has 0 unspecified atom stereocenters. The van der Waals surface area contributed by atoms with Crippen LogP contribution in [0.25, 0.3) is 0 Å². The summed E-state index contributed by atoms with van der Waals surface area (Å²) in [7, 11) is 0. The maximum absolute atomic E-state index is 11.7. The van der Waals surface area contributed by atoms with Crippen LogP contribution in [0.2, 0.25) is 0 Å². The summed E-state index contributed by atoms with van der Waals surface area (Å²) in [5.41, 5.74) is -0.572. The summed E-state index contributed by atoms with van der Waals surface area (Å²) in [5.74, 6) is -1.26. The highest BCUT2D eigenvalue weighted by Gasteiger charge is 2.21. The van der Waals surface area contributed by atoms with Gasteiger partial charge in [-0.3, -0.25) is 10.1 Å². The normalized spacial score (nSPS) is 14.2. The van der Waals surface area contributed by atoms with Crippen LogP contribution in [0.5, 0.6) is 0 Å². The van der Waals surface area contributed by atoms with Crippen molar-refractivity contribution >= 4 is 23.4 Å². The summed E-state index contributed by atoms with van der Waals surface area (Å²) < 4.78 is 0. The lowest BCUT2D eigenvalue weighted by Crippen LogP contribution is -2.42. The van der Waals surface area contributed by atoms with Crippen LogP contribution in [0.1, 0.15) is 29.6 Å². The molecule has 1 aliphatic rings. The molecular formula is C12H13N3O5. The Kier molecular flexibility index (Phi) is 3.83. The van der Waals surface area contributed by atoms with Crippen molar-refractivity contribution in [1.82, 2.24) is 5.32 Å². The number of benzene rings is 1. The molecule has 0 aromatic heterocycles. The molecule has 1 aliphatic carbocycles. The Morgan fingerprint density at radius 2 is 2.05 bits per heavy atom. The number of nitro groups is 1. The van der Waals surface area contributed by atoms with Crippen molar-refractivity contribution in [3.63, 3.8) is 0 Å². The lowest BCUT2D eigenvalue weighted by Gasteiger charge is -2.26. The molecule has 106 valence electrons. The molecule has 20 heavy (non-hydrogen) atoms. The maximum Gasteiger partial charge on any atom is 0.337 e. The smallest absolute Gasteiger partial charge is 0.337 e. The third-order valence-corrected chi connectivity index (χ3v) is 3.13. The number of non-ortho nitro benzene ring substituents is 1. The summed E-state index contributed by atoms with van der Waals surface area (Å²) in [6.45, 7) is 0. The van der Waals surface area contributed by atoms with Gasteiger partial charge in [-0.2, -0.15) is 0 Å². The maximum atomic E-state index is 11.7. The Labute approximate surface area is 113 Å². The summed E-state index contributed by atoms with van der Waals surface area (Å²) in [4.78, 5) is 32.7. The van der Waals surface area contributed by atoms with Gasteiger partial charge in [-0.15, -0.1) is 0 Å². The molecule has 1 saturated carbocycles. The number of carbonyl (C=O) groups excluding carboxylic acids is 1. The zero-order chi connectivity index (χ0) is 14.7. The van der Waals surface area contributed by atoms with Crippen LogP contribution in [0.15, 0.2) is 18.2 Å². The Morgan fingerprint density at radius 3 is 2.55 bits per heavy atom. The Morgan fingerprint density at radius 1 is 1.35 bits per heavy atom. The Balaban J connectivity index is 2.18. The number of hydrogen-bond acceptors (Lipinski definition) is 4. The molecule has 0 saturated heterocycles. The number of carbonyl (C=O) groups is 2. The quantitative estimate of drug-likeness (QED) is 0.574. The minimum absolute atomic E-state index is 0.0852. The van der Waals surface area contributed by atoms with E-state index >= 15 is 0 Å². The average molecular weight is 279 g/mol. The fourth-order valence-corrected chi connectivity index (χ4v) is 1.83. The van der Waals surface area contributed by atoms with Crippen molar-refractivity contribution in [1.29, 1.82) is 0 Å². The first-order chi connectivity index (χ1) is 9.47. The predicted octanol–water partition coefficient (Wildman–Crippen LogP) is 1.97. The lowest BCUT2D eigenvalue weighted by molar-refractivity contribution is -0.384.